The first kappa shape index (κ1) is 17.9. The smallest absolute Gasteiger partial charge is 0.365 e. The van der Waals surface area contributed by atoms with Crippen LogP contribution in [0.4, 0.5) is 23.4 Å². The quantitative estimate of drug-likeness (QED) is 0.522. The van der Waals surface area contributed by atoms with Gasteiger partial charge in [-0.2, -0.15) is 13.2 Å². The Hall–Kier alpha value is -3.49. The van der Waals surface area contributed by atoms with Crippen molar-refractivity contribution in [2.24, 2.45) is 0 Å². The highest BCUT2D eigenvalue weighted by molar-refractivity contribution is 5.63. The van der Waals surface area contributed by atoms with E-state index in [9.17, 15) is 17.6 Å². The number of rotatable bonds is 4. The third-order valence-corrected chi connectivity index (χ3v) is 4.10. The number of anilines is 1. The Morgan fingerprint density at radius 1 is 1.00 bits per heavy atom. The number of halogens is 4. The summed E-state index contributed by atoms with van der Waals surface area (Å²) in [5.74, 6) is -0.525. The number of hydrogen-bond acceptors (Lipinski definition) is 4. The largest absolute Gasteiger partial charge is 0.416 e. The van der Waals surface area contributed by atoms with Gasteiger partial charge in [-0.3, -0.25) is 4.98 Å². The molecule has 0 bridgehead atoms. The fourth-order valence-electron chi connectivity index (χ4n) is 2.80. The van der Waals surface area contributed by atoms with Gasteiger partial charge in [-0.05, 0) is 48.0 Å². The molecular weight excluding hydrogens is 374 g/mol. The van der Waals surface area contributed by atoms with Crippen LogP contribution in [0.3, 0.4) is 0 Å². The van der Waals surface area contributed by atoms with Crippen LogP contribution in [-0.2, 0) is 12.7 Å². The van der Waals surface area contributed by atoms with E-state index in [2.05, 4.69) is 20.4 Å². The van der Waals surface area contributed by atoms with Crippen LogP contribution in [0.2, 0.25) is 0 Å². The van der Waals surface area contributed by atoms with Gasteiger partial charge < -0.3 is 5.32 Å². The van der Waals surface area contributed by atoms with Crippen molar-refractivity contribution >= 4 is 11.5 Å². The van der Waals surface area contributed by atoms with Crippen LogP contribution in [0.15, 0.2) is 61.1 Å². The fraction of sp³-hybridized carbons (Fsp3) is 0.105. The number of alkyl halides is 3. The highest BCUT2D eigenvalue weighted by Gasteiger charge is 2.31. The molecule has 0 aliphatic rings. The number of benzene rings is 1. The van der Waals surface area contributed by atoms with Gasteiger partial charge in [0, 0.05) is 24.5 Å². The lowest BCUT2D eigenvalue weighted by Gasteiger charge is -2.11. The van der Waals surface area contributed by atoms with Gasteiger partial charge >= 0.3 is 6.18 Å². The minimum absolute atomic E-state index is 0.0152. The summed E-state index contributed by atoms with van der Waals surface area (Å²) in [6.45, 7) is -0.0152. The van der Waals surface area contributed by atoms with E-state index in [4.69, 9.17) is 0 Å². The lowest BCUT2D eigenvalue weighted by atomic mass is 10.1. The molecule has 0 saturated heterocycles. The third kappa shape index (κ3) is 3.64. The Bertz CT molecular complexity index is 1120. The van der Waals surface area contributed by atoms with Crippen molar-refractivity contribution in [3.63, 3.8) is 0 Å². The van der Waals surface area contributed by atoms with Crippen molar-refractivity contribution in [2.75, 3.05) is 5.32 Å². The second-order valence-corrected chi connectivity index (χ2v) is 6.07. The maximum Gasteiger partial charge on any atom is 0.416 e. The predicted molar refractivity (Wildman–Crippen MR) is 94.9 cm³/mol. The minimum Gasteiger partial charge on any atom is -0.365 e. The van der Waals surface area contributed by atoms with Crippen LogP contribution in [0, 0.1) is 5.82 Å². The van der Waals surface area contributed by atoms with Crippen molar-refractivity contribution in [3.8, 4) is 11.3 Å². The first-order chi connectivity index (χ1) is 13.4. The molecule has 0 aliphatic heterocycles. The summed E-state index contributed by atoms with van der Waals surface area (Å²) in [4.78, 5) is 8.26. The zero-order valence-corrected chi connectivity index (χ0v) is 14.3. The Labute approximate surface area is 156 Å². The molecule has 4 rings (SSSR count). The predicted octanol–water partition coefficient (Wildman–Crippen LogP) is 4.56. The molecule has 9 heteroatoms. The van der Waals surface area contributed by atoms with Gasteiger partial charge in [-0.25, -0.2) is 13.9 Å². The average Bonchev–Trinajstić information content (AvgIpc) is 3.09. The lowest BCUT2D eigenvalue weighted by Crippen LogP contribution is -2.09. The SMILES string of the molecule is Fc1cc(CNc2ccc3ncc(-c4ccncc4)n3n2)cc(C(F)(F)F)c1. The number of nitrogens with zero attached hydrogens (tertiary/aromatic N) is 4. The summed E-state index contributed by atoms with van der Waals surface area (Å²) in [5, 5.41) is 7.35. The monoisotopic (exact) mass is 387 g/mol. The summed E-state index contributed by atoms with van der Waals surface area (Å²) in [6.07, 6.45) is 0.367. The van der Waals surface area contributed by atoms with E-state index in [0.717, 1.165) is 23.4 Å². The van der Waals surface area contributed by atoms with Crippen LogP contribution < -0.4 is 5.32 Å². The Kier molecular flexibility index (Phi) is 4.42. The van der Waals surface area contributed by atoms with E-state index in [-0.39, 0.29) is 12.1 Å². The molecule has 0 fully saturated rings. The van der Waals surface area contributed by atoms with Gasteiger partial charge in [0.05, 0.1) is 17.5 Å². The third-order valence-electron chi connectivity index (χ3n) is 4.10. The maximum atomic E-state index is 13.5. The fourth-order valence-corrected chi connectivity index (χ4v) is 2.80. The van der Waals surface area contributed by atoms with E-state index in [1.807, 2.05) is 12.1 Å². The summed E-state index contributed by atoms with van der Waals surface area (Å²) in [7, 11) is 0. The molecular formula is C19H13F4N5. The van der Waals surface area contributed by atoms with Crippen LogP contribution in [0.25, 0.3) is 16.9 Å². The van der Waals surface area contributed by atoms with Crippen LogP contribution in [0.5, 0.6) is 0 Å². The molecule has 1 aromatic carbocycles. The van der Waals surface area contributed by atoms with Gasteiger partial charge in [0.15, 0.2) is 5.65 Å². The molecule has 5 nitrogen and oxygen atoms in total. The lowest BCUT2D eigenvalue weighted by molar-refractivity contribution is -0.137. The van der Waals surface area contributed by atoms with Crippen molar-refractivity contribution < 1.29 is 17.6 Å². The molecule has 0 aliphatic carbocycles. The average molecular weight is 387 g/mol. The summed E-state index contributed by atoms with van der Waals surface area (Å²) < 4.78 is 53.7. The van der Waals surface area contributed by atoms with E-state index in [1.54, 1.807) is 35.2 Å². The number of pyridine rings is 1. The molecule has 142 valence electrons. The summed E-state index contributed by atoms with van der Waals surface area (Å²) >= 11 is 0. The second-order valence-electron chi connectivity index (χ2n) is 6.07. The van der Waals surface area contributed by atoms with Crippen LogP contribution >= 0.6 is 0 Å². The second kappa shape index (κ2) is 6.91. The number of nitrogens with one attached hydrogen (secondary N) is 1. The normalized spacial score (nSPS) is 11.7. The minimum atomic E-state index is -4.61. The van der Waals surface area contributed by atoms with E-state index >= 15 is 0 Å². The Morgan fingerprint density at radius 2 is 1.79 bits per heavy atom. The molecule has 3 heterocycles. The molecule has 0 spiro atoms. The van der Waals surface area contributed by atoms with Crippen LogP contribution in [0.1, 0.15) is 11.1 Å². The molecule has 0 atom stereocenters. The highest BCUT2D eigenvalue weighted by Crippen LogP contribution is 2.30. The number of fused-ring (bicyclic) bond motifs is 1. The molecule has 0 radical (unpaired) electrons. The van der Waals surface area contributed by atoms with Crippen LogP contribution in [-0.4, -0.2) is 19.6 Å². The zero-order valence-electron chi connectivity index (χ0n) is 14.3. The molecule has 0 saturated carbocycles. The van der Waals surface area contributed by atoms with Crippen molar-refractivity contribution in [3.05, 3.63) is 78.0 Å². The molecule has 28 heavy (non-hydrogen) atoms. The Balaban J connectivity index is 1.60. The van der Waals surface area contributed by atoms with E-state index in [1.165, 1.54) is 0 Å². The van der Waals surface area contributed by atoms with Gasteiger partial charge in [0.2, 0.25) is 0 Å². The molecule has 0 amide bonds. The molecule has 0 unspecified atom stereocenters. The van der Waals surface area contributed by atoms with Crippen molar-refractivity contribution in [1.82, 2.24) is 19.6 Å². The summed E-state index contributed by atoms with van der Waals surface area (Å²) in [6, 6.07) is 9.46. The van der Waals surface area contributed by atoms with Gasteiger partial charge in [0.1, 0.15) is 11.6 Å². The molecule has 3 aromatic heterocycles. The molecule has 4 aromatic rings. The Morgan fingerprint density at radius 3 is 2.54 bits per heavy atom. The molecule has 1 N–H and O–H groups in total. The van der Waals surface area contributed by atoms with E-state index < -0.39 is 17.6 Å². The maximum absolute atomic E-state index is 13.5. The first-order valence-corrected chi connectivity index (χ1v) is 8.26. The highest BCUT2D eigenvalue weighted by atomic mass is 19.4. The number of aromatic nitrogens is 4. The number of imidazole rings is 1. The number of hydrogen-bond donors (Lipinski definition) is 1. The van der Waals surface area contributed by atoms with E-state index in [0.29, 0.717) is 17.5 Å². The first-order valence-electron chi connectivity index (χ1n) is 8.26. The zero-order chi connectivity index (χ0) is 19.7. The topological polar surface area (TPSA) is 55.1 Å². The van der Waals surface area contributed by atoms with Gasteiger partial charge in [-0.1, -0.05) is 0 Å². The summed E-state index contributed by atoms with van der Waals surface area (Å²) in [5.41, 5.74) is 1.36. The van der Waals surface area contributed by atoms with Crippen molar-refractivity contribution in [2.45, 2.75) is 12.7 Å². The van der Waals surface area contributed by atoms with Crippen molar-refractivity contribution in [1.29, 1.82) is 0 Å². The van der Waals surface area contributed by atoms with Gasteiger partial charge in [0.25, 0.3) is 0 Å². The van der Waals surface area contributed by atoms with Gasteiger partial charge in [-0.15, -0.1) is 5.10 Å². The standard InChI is InChI=1S/C19H13F4N5/c20-15-8-12(7-14(9-15)19(21,22)23)10-25-17-1-2-18-26-11-16(28(18)27-17)13-3-5-24-6-4-13/h1-9,11H,10H2,(H,25,27).